The van der Waals surface area contributed by atoms with E-state index in [1.807, 2.05) is 13.8 Å². The quantitative estimate of drug-likeness (QED) is 0.836. The summed E-state index contributed by atoms with van der Waals surface area (Å²) in [7, 11) is 0. The number of amides is 2. The van der Waals surface area contributed by atoms with Gasteiger partial charge in [-0.2, -0.15) is 0 Å². The van der Waals surface area contributed by atoms with E-state index in [-0.39, 0.29) is 17.7 Å². The average molecular weight is 262 g/mol. The summed E-state index contributed by atoms with van der Waals surface area (Å²) < 4.78 is 0. The van der Waals surface area contributed by atoms with Gasteiger partial charge < -0.3 is 10.6 Å². The molecule has 1 aliphatic heterocycles. The standard InChI is InChI=1S/C13H18N4O2/c1-8(2)11-14-7-5-10(16-11)13(19)17-9-4-3-6-15-12(9)18/h5,7-9H,3-4,6H2,1-2H3,(H,15,18)(H,17,19)/t9-/m0/s1. The highest BCUT2D eigenvalue weighted by molar-refractivity contribution is 5.96. The summed E-state index contributed by atoms with van der Waals surface area (Å²) in [6.07, 6.45) is 3.11. The molecule has 0 bridgehead atoms. The monoisotopic (exact) mass is 262 g/mol. The zero-order valence-electron chi connectivity index (χ0n) is 11.1. The third kappa shape index (κ3) is 3.27. The number of hydrogen-bond donors (Lipinski definition) is 2. The molecule has 2 rings (SSSR count). The van der Waals surface area contributed by atoms with E-state index in [9.17, 15) is 9.59 Å². The molecule has 102 valence electrons. The molecule has 2 heterocycles. The Bertz CT molecular complexity index is 487. The van der Waals surface area contributed by atoms with E-state index in [0.29, 0.717) is 24.5 Å². The Morgan fingerprint density at radius 1 is 1.53 bits per heavy atom. The molecule has 0 aliphatic carbocycles. The van der Waals surface area contributed by atoms with Gasteiger partial charge in [0, 0.05) is 18.7 Å². The highest BCUT2D eigenvalue weighted by Gasteiger charge is 2.24. The molecule has 0 radical (unpaired) electrons. The minimum atomic E-state index is -0.460. The highest BCUT2D eigenvalue weighted by Crippen LogP contribution is 2.09. The van der Waals surface area contributed by atoms with Crippen molar-refractivity contribution in [2.45, 2.75) is 38.6 Å². The lowest BCUT2D eigenvalue weighted by Gasteiger charge is -2.22. The van der Waals surface area contributed by atoms with Crippen LogP contribution in [0.15, 0.2) is 12.3 Å². The van der Waals surface area contributed by atoms with Crippen LogP contribution < -0.4 is 10.6 Å². The summed E-state index contributed by atoms with van der Waals surface area (Å²) in [6.45, 7) is 4.60. The number of carbonyl (C=O) groups excluding carboxylic acids is 2. The average Bonchev–Trinajstić information content (AvgIpc) is 2.41. The van der Waals surface area contributed by atoms with Crippen molar-refractivity contribution in [3.8, 4) is 0 Å². The van der Waals surface area contributed by atoms with Gasteiger partial charge in [0.1, 0.15) is 17.6 Å². The van der Waals surface area contributed by atoms with Gasteiger partial charge in [0.15, 0.2) is 0 Å². The van der Waals surface area contributed by atoms with E-state index in [2.05, 4.69) is 20.6 Å². The van der Waals surface area contributed by atoms with Gasteiger partial charge in [-0.25, -0.2) is 9.97 Å². The second-order valence-electron chi connectivity index (χ2n) is 4.91. The van der Waals surface area contributed by atoms with Crippen molar-refractivity contribution in [2.24, 2.45) is 0 Å². The summed E-state index contributed by atoms with van der Waals surface area (Å²) >= 11 is 0. The van der Waals surface area contributed by atoms with Crippen LogP contribution in [0.5, 0.6) is 0 Å². The van der Waals surface area contributed by atoms with Crippen LogP contribution in [0.3, 0.4) is 0 Å². The Hall–Kier alpha value is -1.98. The maximum atomic E-state index is 12.1. The Kier molecular flexibility index (Phi) is 4.09. The molecule has 6 nitrogen and oxygen atoms in total. The van der Waals surface area contributed by atoms with Gasteiger partial charge in [0.25, 0.3) is 5.91 Å². The van der Waals surface area contributed by atoms with E-state index >= 15 is 0 Å². The normalized spacial score (nSPS) is 19.1. The number of piperidine rings is 1. The number of hydrogen-bond acceptors (Lipinski definition) is 4. The molecule has 1 aromatic rings. The summed E-state index contributed by atoms with van der Waals surface area (Å²) in [5.41, 5.74) is 0.303. The van der Waals surface area contributed by atoms with E-state index in [4.69, 9.17) is 0 Å². The van der Waals surface area contributed by atoms with Crippen LogP contribution in [-0.2, 0) is 4.79 Å². The molecule has 1 saturated heterocycles. The molecule has 2 N–H and O–H groups in total. The fourth-order valence-corrected chi connectivity index (χ4v) is 1.92. The molecule has 2 amide bonds. The number of nitrogens with one attached hydrogen (secondary N) is 2. The van der Waals surface area contributed by atoms with Crippen LogP contribution in [0.1, 0.15) is 48.9 Å². The summed E-state index contributed by atoms with van der Waals surface area (Å²) in [5.74, 6) is 0.329. The number of rotatable bonds is 3. The third-order valence-corrected chi connectivity index (χ3v) is 3.01. The van der Waals surface area contributed by atoms with Crippen molar-refractivity contribution in [1.29, 1.82) is 0 Å². The van der Waals surface area contributed by atoms with Crippen molar-refractivity contribution in [1.82, 2.24) is 20.6 Å². The minimum absolute atomic E-state index is 0.127. The first-order chi connectivity index (χ1) is 9.08. The predicted molar refractivity (Wildman–Crippen MR) is 69.6 cm³/mol. The lowest BCUT2D eigenvalue weighted by molar-refractivity contribution is -0.124. The van der Waals surface area contributed by atoms with Gasteiger partial charge in [-0.3, -0.25) is 9.59 Å². The number of carbonyl (C=O) groups is 2. The Balaban J connectivity index is 2.07. The molecule has 0 unspecified atom stereocenters. The van der Waals surface area contributed by atoms with E-state index in [1.54, 1.807) is 12.3 Å². The first kappa shape index (κ1) is 13.5. The molecule has 0 aromatic carbocycles. The number of nitrogens with zero attached hydrogens (tertiary/aromatic N) is 2. The SMILES string of the molecule is CC(C)c1nccc(C(=O)N[C@H]2CCCNC2=O)n1. The summed E-state index contributed by atoms with van der Waals surface area (Å²) in [5, 5.41) is 5.44. The predicted octanol–water partition coefficient (Wildman–Crippen LogP) is 0.608. The molecule has 1 atom stereocenters. The van der Waals surface area contributed by atoms with Gasteiger partial charge >= 0.3 is 0 Å². The second-order valence-corrected chi connectivity index (χ2v) is 4.91. The molecule has 1 aliphatic rings. The zero-order chi connectivity index (χ0) is 13.8. The van der Waals surface area contributed by atoms with Crippen LogP contribution in [0.25, 0.3) is 0 Å². The topological polar surface area (TPSA) is 84.0 Å². The highest BCUT2D eigenvalue weighted by atomic mass is 16.2. The minimum Gasteiger partial charge on any atom is -0.354 e. The van der Waals surface area contributed by atoms with Gasteiger partial charge in [-0.15, -0.1) is 0 Å². The molecule has 1 fully saturated rings. The Morgan fingerprint density at radius 2 is 2.32 bits per heavy atom. The number of aromatic nitrogens is 2. The van der Waals surface area contributed by atoms with Gasteiger partial charge in [0.05, 0.1) is 0 Å². The van der Waals surface area contributed by atoms with Crippen LogP contribution in [0.4, 0.5) is 0 Å². The van der Waals surface area contributed by atoms with Crippen LogP contribution in [0.2, 0.25) is 0 Å². The van der Waals surface area contributed by atoms with Crippen molar-refractivity contribution < 1.29 is 9.59 Å². The summed E-state index contributed by atoms with van der Waals surface area (Å²) in [6, 6.07) is 1.10. The molecule has 0 spiro atoms. The smallest absolute Gasteiger partial charge is 0.270 e. The Morgan fingerprint density at radius 3 is 3.00 bits per heavy atom. The maximum Gasteiger partial charge on any atom is 0.270 e. The largest absolute Gasteiger partial charge is 0.354 e. The first-order valence-corrected chi connectivity index (χ1v) is 6.49. The van der Waals surface area contributed by atoms with E-state index in [0.717, 1.165) is 6.42 Å². The molecule has 1 aromatic heterocycles. The van der Waals surface area contributed by atoms with Gasteiger partial charge in [-0.05, 0) is 18.9 Å². The van der Waals surface area contributed by atoms with Gasteiger partial charge in [-0.1, -0.05) is 13.8 Å². The van der Waals surface area contributed by atoms with Crippen molar-refractivity contribution in [3.05, 3.63) is 23.8 Å². The lowest BCUT2D eigenvalue weighted by atomic mass is 10.1. The fraction of sp³-hybridized carbons (Fsp3) is 0.538. The molecular weight excluding hydrogens is 244 g/mol. The van der Waals surface area contributed by atoms with Crippen LogP contribution in [0, 0.1) is 0 Å². The Labute approximate surface area is 112 Å². The summed E-state index contributed by atoms with van der Waals surface area (Å²) in [4.78, 5) is 32.0. The maximum absolute atomic E-state index is 12.1. The molecule has 0 saturated carbocycles. The molecule has 6 heteroatoms. The zero-order valence-corrected chi connectivity index (χ0v) is 11.1. The molecular formula is C13H18N4O2. The molecule has 19 heavy (non-hydrogen) atoms. The fourth-order valence-electron chi connectivity index (χ4n) is 1.92. The van der Waals surface area contributed by atoms with Crippen LogP contribution in [-0.4, -0.2) is 34.4 Å². The van der Waals surface area contributed by atoms with Crippen molar-refractivity contribution in [2.75, 3.05) is 6.54 Å². The third-order valence-electron chi connectivity index (χ3n) is 3.01. The van der Waals surface area contributed by atoms with E-state index in [1.165, 1.54) is 0 Å². The van der Waals surface area contributed by atoms with Crippen molar-refractivity contribution in [3.63, 3.8) is 0 Å². The lowest BCUT2D eigenvalue weighted by Crippen LogP contribution is -2.50. The van der Waals surface area contributed by atoms with Gasteiger partial charge in [0.2, 0.25) is 5.91 Å². The van der Waals surface area contributed by atoms with Crippen molar-refractivity contribution >= 4 is 11.8 Å². The second kappa shape index (κ2) is 5.77. The van der Waals surface area contributed by atoms with Crippen LogP contribution >= 0.6 is 0 Å². The van der Waals surface area contributed by atoms with E-state index < -0.39 is 6.04 Å². The first-order valence-electron chi connectivity index (χ1n) is 6.49.